The molecule has 23 heavy (non-hydrogen) atoms. The Morgan fingerprint density at radius 1 is 1.57 bits per heavy atom. The second kappa shape index (κ2) is 5.53. The number of carbonyl (C=O) groups is 2. The second-order valence-corrected chi connectivity index (χ2v) is 6.26. The smallest absolute Gasteiger partial charge is 0.378 e. The van der Waals surface area contributed by atoms with Crippen LogP contribution in [-0.4, -0.2) is 33.0 Å². The van der Waals surface area contributed by atoms with Crippen LogP contribution in [-0.2, 0) is 6.54 Å². The Labute approximate surface area is 131 Å². The maximum absolute atomic E-state index is 12.5. The van der Waals surface area contributed by atoms with E-state index in [1.165, 1.54) is 10.8 Å². The van der Waals surface area contributed by atoms with E-state index in [1.54, 1.807) is 0 Å². The zero-order chi connectivity index (χ0) is 16.7. The van der Waals surface area contributed by atoms with Crippen molar-refractivity contribution >= 4 is 17.8 Å². The number of hydrogen-bond donors (Lipinski definition) is 3. The van der Waals surface area contributed by atoms with Crippen LogP contribution in [0.5, 0.6) is 5.88 Å². The predicted octanol–water partition coefficient (Wildman–Crippen LogP) is -0.0186. The highest BCUT2D eigenvalue weighted by Crippen LogP contribution is 2.20. The summed E-state index contributed by atoms with van der Waals surface area (Å²) < 4.78 is 2.54. The molecule has 2 aromatic heterocycles. The van der Waals surface area contributed by atoms with Crippen LogP contribution in [0.1, 0.15) is 47.4 Å². The quantitative estimate of drug-likeness (QED) is 0.532. The minimum absolute atomic E-state index is 0.0646. The van der Waals surface area contributed by atoms with Gasteiger partial charge in [0.25, 0.3) is 5.91 Å². The first-order valence-electron chi connectivity index (χ1n) is 7.59. The molecular formula is C15H19N4O4+. The van der Waals surface area contributed by atoms with Crippen LogP contribution in [0.2, 0.25) is 0 Å². The maximum atomic E-state index is 12.5. The number of amides is 1. The summed E-state index contributed by atoms with van der Waals surface area (Å²) in [6.07, 6.45) is 3.73. The van der Waals surface area contributed by atoms with Gasteiger partial charge >= 0.3 is 17.1 Å². The zero-order valence-corrected chi connectivity index (χ0v) is 13.0. The zero-order valence-electron chi connectivity index (χ0n) is 13.0. The summed E-state index contributed by atoms with van der Waals surface area (Å²) in [4.78, 5) is 36.1. The van der Waals surface area contributed by atoms with Crippen molar-refractivity contribution in [2.45, 2.75) is 39.3 Å². The molecule has 2 heterocycles. The lowest BCUT2D eigenvalue weighted by Crippen LogP contribution is -2.46. The topological polar surface area (TPSA) is 108 Å². The molecule has 122 valence electrons. The van der Waals surface area contributed by atoms with Gasteiger partial charge in [-0.3, -0.25) is 9.59 Å². The molecule has 0 radical (unpaired) electrons. The van der Waals surface area contributed by atoms with Crippen LogP contribution in [0.4, 0.5) is 0 Å². The van der Waals surface area contributed by atoms with Crippen molar-refractivity contribution in [3.8, 4) is 5.88 Å². The van der Waals surface area contributed by atoms with Crippen LogP contribution in [0.3, 0.4) is 0 Å². The van der Waals surface area contributed by atoms with E-state index in [9.17, 15) is 19.5 Å². The van der Waals surface area contributed by atoms with Crippen molar-refractivity contribution in [1.29, 1.82) is 0 Å². The molecule has 8 heteroatoms. The van der Waals surface area contributed by atoms with Crippen molar-refractivity contribution in [3.05, 3.63) is 27.7 Å². The minimum Gasteiger partial charge on any atom is -0.477 e. The normalized spacial score (nSPS) is 14.4. The Morgan fingerprint density at radius 2 is 2.26 bits per heavy atom. The lowest BCUT2D eigenvalue weighted by Gasteiger charge is -2.10. The van der Waals surface area contributed by atoms with Crippen molar-refractivity contribution in [3.63, 3.8) is 0 Å². The number of carbonyl (C=O) groups excluding carboxylic acids is 2. The molecular weight excluding hydrogens is 300 g/mol. The van der Waals surface area contributed by atoms with E-state index in [0.29, 0.717) is 12.8 Å². The molecule has 0 atom stereocenters. The number of aromatic hydroxyl groups is 1. The molecule has 1 amide bonds. The lowest BCUT2D eigenvalue weighted by molar-refractivity contribution is -0.686. The summed E-state index contributed by atoms with van der Waals surface area (Å²) in [7, 11) is 0. The third kappa shape index (κ3) is 2.60. The van der Waals surface area contributed by atoms with E-state index in [0.717, 1.165) is 17.4 Å². The first-order valence-corrected chi connectivity index (χ1v) is 7.59. The summed E-state index contributed by atoms with van der Waals surface area (Å²) in [6, 6.07) is 0.0646. The Kier molecular flexibility index (Phi) is 3.67. The predicted molar refractivity (Wildman–Crippen MR) is 80.6 cm³/mol. The van der Waals surface area contributed by atoms with Crippen LogP contribution in [0.15, 0.2) is 11.0 Å². The fourth-order valence-electron chi connectivity index (χ4n) is 2.57. The van der Waals surface area contributed by atoms with Gasteiger partial charge in [0.05, 0.1) is 12.7 Å². The number of H-pyrrole nitrogens is 1. The summed E-state index contributed by atoms with van der Waals surface area (Å²) in [5.41, 5.74) is -0.496. The van der Waals surface area contributed by atoms with E-state index < -0.39 is 17.3 Å². The fraction of sp³-hybridized carbons (Fsp3) is 0.467. The number of aromatic amines is 1. The molecule has 2 aromatic rings. The number of fused-ring (bicyclic) bond motifs is 1. The number of nitrogens with zero attached hydrogens (tertiary/aromatic N) is 2. The standard InChI is InChI=1S/C15H18N4O4/c1-8(2)6-18-13-9(7-20)5-16-19(13)15(23)11(14(18)22)12(21)17-10-3-4-10/h5,7-8,10H,3-4,6H2,1-2H3,(H2,17,21,22,23)/p+1. The number of hydrogen-bond acceptors (Lipinski definition) is 4. The Morgan fingerprint density at radius 3 is 2.83 bits per heavy atom. The highest BCUT2D eigenvalue weighted by Gasteiger charge is 2.34. The molecule has 1 fully saturated rings. The molecule has 8 nitrogen and oxygen atoms in total. The molecule has 1 aliphatic carbocycles. The molecule has 0 aromatic carbocycles. The second-order valence-electron chi connectivity index (χ2n) is 6.26. The molecule has 0 unspecified atom stereocenters. The minimum atomic E-state index is -0.677. The highest BCUT2D eigenvalue weighted by molar-refractivity contribution is 5.96. The average molecular weight is 319 g/mol. The van der Waals surface area contributed by atoms with E-state index in [2.05, 4.69) is 10.4 Å². The van der Waals surface area contributed by atoms with Gasteiger partial charge in [0.1, 0.15) is 5.56 Å². The Bertz CT molecular complexity index is 845. The SMILES string of the molecule is CC(C)C[n+]1c(O)c(C(=O)NC2CC2)c(=O)n2[nH]cc(C=O)c21. The maximum Gasteiger partial charge on any atom is 0.378 e. The van der Waals surface area contributed by atoms with Crippen LogP contribution < -0.4 is 15.4 Å². The lowest BCUT2D eigenvalue weighted by atomic mass is 10.2. The van der Waals surface area contributed by atoms with Crippen LogP contribution in [0.25, 0.3) is 5.65 Å². The van der Waals surface area contributed by atoms with Gasteiger partial charge in [-0.05, 0) is 18.8 Å². The molecule has 0 bridgehead atoms. The number of aromatic nitrogens is 3. The first kappa shape index (κ1) is 15.3. The van der Waals surface area contributed by atoms with Crippen molar-refractivity contribution < 1.29 is 19.3 Å². The number of nitrogens with one attached hydrogen (secondary N) is 2. The van der Waals surface area contributed by atoms with Crippen LogP contribution in [0, 0.1) is 5.92 Å². The van der Waals surface area contributed by atoms with Gasteiger partial charge in [0.2, 0.25) is 5.56 Å². The molecule has 0 saturated heterocycles. The van der Waals surface area contributed by atoms with Gasteiger partial charge in [-0.1, -0.05) is 18.4 Å². The van der Waals surface area contributed by atoms with Crippen molar-refractivity contribution in [1.82, 2.24) is 14.9 Å². The van der Waals surface area contributed by atoms with Crippen molar-refractivity contribution in [2.75, 3.05) is 0 Å². The average Bonchev–Trinajstić information content (AvgIpc) is 3.18. The summed E-state index contributed by atoms with van der Waals surface area (Å²) in [6.45, 7) is 4.23. The fourth-order valence-corrected chi connectivity index (χ4v) is 2.57. The van der Waals surface area contributed by atoms with Gasteiger partial charge < -0.3 is 10.4 Å². The Balaban J connectivity index is 2.26. The van der Waals surface area contributed by atoms with E-state index >= 15 is 0 Å². The van der Waals surface area contributed by atoms with E-state index in [4.69, 9.17) is 0 Å². The Hall–Kier alpha value is -2.64. The van der Waals surface area contributed by atoms with E-state index in [1.807, 2.05) is 13.8 Å². The van der Waals surface area contributed by atoms with E-state index in [-0.39, 0.29) is 28.7 Å². The highest BCUT2D eigenvalue weighted by atomic mass is 16.3. The summed E-state index contributed by atoms with van der Waals surface area (Å²) in [5, 5.41) is 15.9. The van der Waals surface area contributed by atoms with Gasteiger partial charge in [0.15, 0.2) is 6.29 Å². The summed E-state index contributed by atoms with van der Waals surface area (Å²) in [5.74, 6) is -0.866. The molecule has 1 saturated carbocycles. The van der Waals surface area contributed by atoms with Gasteiger partial charge in [-0.15, -0.1) is 0 Å². The third-order valence-electron chi connectivity index (χ3n) is 3.79. The molecule has 0 spiro atoms. The van der Waals surface area contributed by atoms with Crippen molar-refractivity contribution in [2.24, 2.45) is 5.92 Å². The third-order valence-corrected chi connectivity index (χ3v) is 3.79. The molecule has 3 N–H and O–H groups in total. The summed E-state index contributed by atoms with van der Waals surface area (Å²) >= 11 is 0. The van der Waals surface area contributed by atoms with Gasteiger partial charge in [-0.25, -0.2) is 9.89 Å². The molecule has 3 rings (SSSR count). The van der Waals surface area contributed by atoms with Gasteiger partial charge in [-0.2, -0.15) is 4.57 Å². The molecule has 1 aliphatic rings. The molecule has 0 aliphatic heterocycles. The first-order chi connectivity index (χ1) is 10.9. The monoisotopic (exact) mass is 319 g/mol. The number of rotatable bonds is 5. The largest absolute Gasteiger partial charge is 0.477 e. The van der Waals surface area contributed by atoms with Gasteiger partial charge in [0, 0.05) is 6.04 Å². The number of aldehydes is 1. The van der Waals surface area contributed by atoms with Crippen LogP contribution >= 0.6 is 0 Å².